The highest BCUT2D eigenvalue weighted by Gasteiger charge is 2.31. The minimum Gasteiger partial charge on any atom is -0.462 e. The van der Waals surface area contributed by atoms with Crippen molar-refractivity contribution in [3.63, 3.8) is 0 Å². The molecule has 0 radical (unpaired) electrons. The summed E-state index contributed by atoms with van der Waals surface area (Å²) in [6.07, 6.45) is 2.28. The zero-order valence-corrected chi connectivity index (χ0v) is 16.6. The van der Waals surface area contributed by atoms with Gasteiger partial charge in [-0.25, -0.2) is 13.2 Å². The fourth-order valence-corrected chi connectivity index (χ4v) is 4.86. The number of sulfonamides is 1. The number of carbonyl (C=O) groups is 1. The van der Waals surface area contributed by atoms with Crippen molar-refractivity contribution in [1.29, 1.82) is 5.26 Å². The summed E-state index contributed by atoms with van der Waals surface area (Å²) < 4.78 is 32.0. The molecule has 0 aromatic heterocycles. The second kappa shape index (κ2) is 9.02. The number of esters is 1. The Bertz CT molecular complexity index is 831. The average Bonchev–Trinajstić information content (AvgIpc) is 2.62. The number of nitrogens with zero attached hydrogens (tertiary/aromatic N) is 2. The second-order valence-corrected chi connectivity index (χ2v) is 8.77. The van der Waals surface area contributed by atoms with Crippen molar-refractivity contribution in [2.45, 2.75) is 32.1 Å². The molecule has 2 atom stereocenters. The van der Waals surface area contributed by atoms with Crippen molar-refractivity contribution < 1.29 is 17.9 Å². The van der Waals surface area contributed by atoms with E-state index in [2.05, 4.69) is 19.2 Å². The summed E-state index contributed by atoms with van der Waals surface area (Å²) >= 11 is 0. The normalized spacial score (nSPS) is 21.3. The molecular formula is C19H25N3O4S. The van der Waals surface area contributed by atoms with Crippen LogP contribution in [0.3, 0.4) is 0 Å². The van der Waals surface area contributed by atoms with Crippen molar-refractivity contribution in [3.8, 4) is 6.07 Å². The van der Waals surface area contributed by atoms with Gasteiger partial charge in [-0.15, -0.1) is 0 Å². The Morgan fingerprint density at radius 3 is 2.41 bits per heavy atom. The van der Waals surface area contributed by atoms with E-state index in [9.17, 15) is 13.2 Å². The van der Waals surface area contributed by atoms with Gasteiger partial charge in [0, 0.05) is 25.0 Å². The van der Waals surface area contributed by atoms with Crippen LogP contribution in [0, 0.1) is 23.2 Å². The topological polar surface area (TPSA) is 99.5 Å². The number of carbonyl (C=O) groups excluding carboxylic acids is 1. The van der Waals surface area contributed by atoms with Gasteiger partial charge in [-0.3, -0.25) is 0 Å². The van der Waals surface area contributed by atoms with Crippen molar-refractivity contribution in [2.24, 2.45) is 11.8 Å². The van der Waals surface area contributed by atoms with Crippen LogP contribution in [0.25, 0.3) is 0 Å². The third-order valence-electron chi connectivity index (χ3n) is 4.33. The van der Waals surface area contributed by atoms with Crippen LogP contribution in [0.15, 0.2) is 40.9 Å². The van der Waals surface area contributed by atoms with E-state index in [-0.39, 0.29) is 17.1 Å². The fourth-order valence-electron chi connectivity index (χ4n) is 3.18. The van der Waals surface area contributed by atoms with Gasteiger partial charge in [-0.1, -0.05) is 13.8 Å². The number of anilines is 1. The Kier molecular flexibility index (Phi) is 6.99. The smallest absolute Gasteiger partial charge is 0.350 e. The summed E-state index contributed by atoms with van der Waals surface area (Å²) in [5.74, 6) is -0.0381. The Balaban J connectivity index is 2.12. The molecule has 2 rings (SSSR count). The standard InChI is InChI=1S/C19H25N3O4S/c1-4-26-19(23)16(10-20)11-21-17-5-7-18(8-6-17)27(24,25)22-12-14(2)9-15(3)13-22/h5-8,11,14-15,21H,4,9,12-13H2,1-3H3/b16-11+/t14-,15-/m0/s1. The van der Waals surface area contributed by atoms with E-state index in [4.69, 9.17) is 10.00 Å². The Labute approximate surface area is 160 Å². The highest BCUT2D eigenvalue weighted by atomic mass is 32.2. The van der Waals surface area contributed by atoms with Crippen LogP contribution < -0.4 is 5.32 Å². The predicted molar refractivity (Wildman–Crippen MR) is 102 cm³/mol. The summed E-state index contributed by atoms with van der Waals surface area (Å²) in [6, 6.07) is 8.00. The predicted octanol–water partition coefficient (Wildman–Crippen LogP) is 2.74. The molecule has 1 N–H and O–H groups in total. The maximum absolute atomic E-state index is 12.9. The molecular weight excluding hydrogens is 366 g/mol. The minimum atomic E-state index is -3.54. The van der Waals surface area contributed by atoms with Crippen LogP contribution in [-0.2, 0) is 19.6 Å². The monoisotopic (exact) mass is 391 g/mol. The molecule has 1 aliphatic heterocycles. The van der Waals surface area contributed by atoms with Gasteiger partial charge in [0.1, 0.15) is 6.07 Å². The first-order chi connectivity index (χ1) is 12.8. The second-order valence-electron chi connectivity index (χ2n) is 6.83. The van der Waals surface area contributed by atoms with Crippen LogP contribution in [0.1, 0.15) is 27.2 Å². The van der Waals surface area contributed by atoms with Crippen molar-refractivity contribution in [2.75, 3.05) is 25.0 Å². The van der Waals surface area contributed by atoms with Gasteiger partial charge in [-0.05, 0) is 49.4 Å². The van der Waals surface area contributed by atoms with Gasteiger partial charge >= 0.3 is 5.97 Å². The van der Waals surface area contributed by atoms with E-state index in [0.717, 1.165) is 6.42 Å². The fraction of sp³-hybridized carbons (Fsp3) is 0.474. The van der Waals surface area contributed by atoms with Gasteiger partial charge in [0.2, 0.25) is 10.0 Å². The number of rotatable bonds is 6. The number of nitrogens with one attached hydrogen (secondary N) is 1. The first-order valence-corrected chi connectivity index (χ1v) is 10.4. The van der Waals surface area contributed by atoms with Crippen LogP contribution in [0.4, 0.5) is 5.69 Å². The van der Waals surface area contributed by atoms with Crippen LogP contribution in [-0.4, -0.2) is 38.4 Å². The third kappa shape index (κ3) is 5.31. The van der Waals surface area contributed by atoms with E-state index in [0.29, 0.717) is 30.6 Å². The van der Waals surface area contributed by atoms with Crippen LogP contribution in [0.5, 0.6) is 0 Å². The lowest BCUT2D eigenvalue weighted by Crippen LogP contribution is -2.42. The van der Waals surface area contributed by atoms with E-state index in [1.165, 1.54) is 18.3 Å². The molecule has 1 aromatic carbocycles. The van der Waals surface area contributed by atoms with Gasteiger partial charge in [-0.2, -0.15) is 9.57 Å². The molecule has 1 fully saturated rings. The molecule has 27 heavy (non-hydrogen) atoms. The summed E-state index contributed by atoms with van der Waals surface area (Å²) in [6.45, 7) is 7.02. The lowest BCUT2D eigenvalue weighted by molar-refractivity contribution is -0.138. The average molecular weight is 391 g/mol. The first kappa shape index (κ1) is 20.9. The molecule has 0 unspecified atom stereocenters. The number of hydrogen-bond acceptors (Lipinski definition) is 6. The van der Waals surface area contributed by atoms with Gasteiger partial charge in [0.15, 0.2) is 5.57 Å². The Morgan fingerprint density at radius 1 is 1.30 bits per heavy atom. The first-order valence-electron chi connectivity index (χ1n) is 8.92. The van der Waals surface area contributed by atoms with Gasteiger partial charge in [0.05, 0.1) is 11.5 Å². The summed E-state index contributed by atoms with van der Waals surface area (Å²) in [7, 11) is -3.54. The molecule has 1 saturated heterocycles. The Morgan fingerprint density at radius 2 is 1.89 bits per heavy atom. The summed E-state index contributed by atoms with van der Waals surface area (Å²) in [5.41, 5.74) is 0.399. The quantitative estimate of drug-likeness (QED) is 0.455. The lowest BCUT2D eigenvalue weighted by atomic mass is 9.94. The van der Waals surface area contributed by atoms with Crippen LogP contribution in [0.2, 0.25) is 0 Å². The SMILES string of the molecule is CCOC(=O)/C(C#N)=C/Nc1ccc(S(=O)(=O)N2C[C@@H](C)C[C@H](C)C2)cc1. The number of hydrogen-bond donors (Lipinski definition) is 1. The molecule has 1 aromatic rings. The largest absolute Gasteiger partial charge is 0.462 e. The molecule has 0 spiro atoms. The molecule has 1 heterocycles. The van der Waals surface area contributed by atoms with E-state index in [1.807, 2.05) is 0 Å². The molecule has 0 saturated carbocycles. The molecule has 0 bridgehead atoms. The maximum atomic E-state index is 12.9. The van der Waals surface area contributed by atoms with Crippen molar-refractivity contribution in [3.05, 3.63) is 36.0 Å². The highest BCUT2D eigenvalue weighted by Crippen LogP contribution is 2.27. The molecule has 1 aliphatic rings. The lowest BCUT2D eigenvalue weighted by Gasteiger charge is -2.34. The van der Waals surface area contributed by atoms with E-state index < -0.39 is 16.0 Å². The minimum absolute atomic E-state index is 0.162. The zero-order chi connectivity index (χ0) is 20.0. The highest BCUT2D eigenvalue weighted by molar-refractivity contribution is 7.89. The van der Waals surface area contributed by atoms with E-state index in [1.54, 1.807) is 29.4 Å². The molecule has 7 nitrogen and oxygen atoms in total. The summed E-state index contributed by atoms with van der Waals surface area (Å²) in [4.78, 5) is 11.8. The molecule has 0 aliphatic carbocycles. The van der Waals surface area contributed by atoms with Crippen LogP contribution >= 0.6 is 0 Å². The van der Waals surface area contributed by atoms with Gasteiger partial charge in [0.25, 0.3) is 0 Å². The van der Waals surface area contributed by atoms with Crippen molar-refractivity contribution in [1.82, 2.24) is 4.31 Å². The summed E-state index contributed by atoms with van der Waals surface area (Å²) in [5, 5.41) is 11.8. The number of ether oxygens (including phenoxy) is 1. The molecule has 0 amide bonds. The number of nitriles is 1. The maximum Gasteiger partial charge on any atom is 0.350 e. The molecule has 146 valence electrons. The van der Waals surface area contributed by atoms with Crippen molar-refractivity contribution >= 4 is 21.7 Å². The zero-order valence-electron chi connectivity index (χ0n) is 15.8. The Hall–Kier alpha value is -2.37. The molecule has 8 heteroatoms. The van der Waals surface area contributed by atoms with Gasteiger partial charge < -0.3 is 10.1 Å². The number of benzene rings is 1. The van der Waals surface area contributed by atoms with E-state index >= 15 is 0 Å². The third-order valence-corrected chi connectivity index (χ3v) is 6.17. The number of piperidine rings is 1.